The predicted octanol–water partition coefficient (Wildman–Crippen LogP) is 3.45. The van der Waals surface area contributed by atoms with Crippen molar-refractivity contribution < 1.29 is 5.11 Å². The van der Waals surface area contributed by atoms with Crippen molar-refractivity contribution in [2.45, 2.75) is 6.04 Å². The summed E-state index contributed by atoms with van der Waals surface area (Å²) in [5.41, 5.74) is 3.20. The van der Waals surface area contributed by atoms with E-state index in [9.17, 15) is 5.11 Å². The van der Waals surface area contributed by atoms with Gasteiger partial charge in [0, 0.05) is 50.9 Å². The summed E-state index contributed by atoms with van der Waals surface area (Å²) in [6.07, 6.45) is 0. The number of aromatic hydroxyl groups is 1. The van der Waals surface area contributed by atoms with Gasteiger partial charge in [0.1, 0.15) is 5.75 Å². The van der Waals surface area contributed by atoms with E-state index in [1.54, 1.807) is 6.07 Å². The number of halogens is 1. The first-order valence-corrected chi connectivity index (χ1v) is 9.02. The highest BCUT2D eigenvalue weighted by Gasteiger charge is 2.28. The van der Waals surface area contributed by atoms with Gasteiger partial charge in [-0.05, 0) is 30.8 Å². The molecule has 2 aromatic rings. The Balaban J connectivity index is 2.08. The van der Waals surface area contributed by atoms with Crippen LogP contribution in [0.3, 0.4) is 0 Å². The molecule has 1 saturated heterocycles. The maximum Gasteiger partial charge on any atom is 0.139 e. The molecule has 5 heteroatoms. The molecule has 134 valence electrons. The van der Waals surface area contributed by atoms with Crippen molar-refractivity contribution in [3.63, 3.8) is 0 Å². The number of rotatable bonds is 4. The quantitative estimate of drug-likeness (QED) is 0.905. The fourth-order valence-electron chi connectivity index (χ4n) is 3.57. The molecule has 1 fully saturated rings. The van der Waals surface area contributed by atoms with Gasteiger partial charge < -0.3 is 14.9 Å². The second-order valence-corrected chi connectivity index (χ2v) is 7.34. The molecule has 1 N–H and O–H groups in total. The van der Waals surface area contributed by atoms with E-state index < -0.39 is 0 Å². The molecule has 0 amide bonds. The van der Waals surface area contributed by atoms with Crippen LogP contribution in [-0.4, -0.2) is 62.2 Å². The molecule has 1 aliphatic heterocycles. The van der Waals surface area contributed by atoms with Gasteiger partial charge in [0.15, 0.2) is 0 Å². The standard InChI is InChI=1S/C20H26ClN3O/c1-22(2)20-17(5-4-6-18(20)25)19(15-7-9-16(21)10-8-15)24-13-11-23(3)12-14-24/h4-10,19,25H,11-14H2,1-3H3. The van der Waals surface area contributed by atoms with Gasteiger partial charge in [-0.15, -0.1) is 0 Å². The molecule has 1 aliphatic rings. The Morgan fingerprint density at radius 2 is 1.64 bits per heavy atom. The third-order valence-corrected chi connectivity index (χ3v) is 5.13. The van der Waals surface area contributed by atoms with Crippen LogP contribution in [0.15, 0.2) is 42.5 Å². The highest BCUT2D eigenvalue weighted by Crippen LogP contribution is 2.39. The van der Waals surface area contributed by atoms with E-state index >= 15 is 0 Å². The maximum atomic E-state index is 10.5. The summed E-state index contributed by atoms with van der Waals surface area (Å²) in [4.78, 5) is 6.83. The maximum absolute atomic E-state index is 10.5. The number of hydrogen-bond acceptors (Lipinski definition) is 4. The van der Waals surface area contributed by atoms with Crippen LogP contribution < -0.4 is 4.90 Å². The Morgan fingerprint density at radius 3 is 2.24 bits per heavy atom. The van der Waals surface area contributed by atoms with Gasteiger partial charge in [-0.2, -0.15) is 0 Å². The summed E-state index contributed by atoms with van der Waals surface area (Å²) < 4.78 is 0. The Morgan fingerprint density at radius 1 is 1.00 bits per heavy atom. The van der Waals surface area contributed by atoms with Gasteiger partial charge in [-0.25, -0.2) is 0 Å². The number of likely N-dealkylation sites (N-methyl/N-ethyl adjacent to an activating group) is 1. The SMILES string of the molecule is CN1CCN(C(c2ccc(Cl)cc2)c2cccc(O)c2N(C)C)CC1. The summed E-state index contributed by atoms with van der Waals surface area (Å²) in [7, 11) is 6.11. The van der Waals surface area contributed by atoms with E-state index in [0.717, 1.165) is 42.5 Å². The zero-order valence-corrected chi connectivity index (χ0v) is 15.9. The van der Waals surface area contributed by atoms with Gasteiger partial charge in [-0.1, -0.05) is 35.9 Å². The highest BCUT2D eigenvalue weighted by atomic mass is 35.5. The van der Waals surface area contributed by atoms with Gasteiger partial charge in [0.05, 0.1) is 11.7 Å². The molecule has 1 atom stereocenters. The Labute approximate surface area is 155 Å². The molecule has 0 radical (unpaired) electrons. The summed E-state index contributed by atoms with van der Waals surface area (Å²) >= 11 is 6.11. The predicted molar refractivity (Wildman–Crippen MR) is 105 cm³/mol. The second-order valence-electron chi connectivity index (χ2n) is 6.90. The minimum absolute atomic E-state index is 0.0930. The first-order valence-electron chi connectivity index (χ1n) is 8.64. The van der Waals surface area contributed by atoms with Crippen LogP contribution in [0.4, 0.5) is 5.69 Å². The van der Waals surface area contributed by atoms with Crippen LogP contribution in [-0.2, 0) is 0 Å². The second kappa shape index (κ2) is 7.65. The number of nitrogens with zero attached hydrogens (tertiary/aromatic N) is 3. The van der Waals surface area contributed by atoms with Crippen molar-refractivity contribution in [3.05, 3.63) is 58.6 Å². The smallest absolute Gasteiger partial charge is 0.139 e. The van der Waals surface area contributed by atoms with E-state index in [4.69, 9.17) is 11.6 Å². The van der Waals surface area contributed by atoms with E-state index in [-0.39, 0.29) is 6.04 Å². The summed E-state index contributed by atoms with van der Waals surface area (Å²) in [5.74, 6) is 0.315. The molecular weight excluding hydrogens is 334 g/mol. The first kappa shape index (κ1) is 18.1. The van der Waals surface area contributed by atoms with Gasteiger partial charge in [0.2, 0.25) is 0 Å². The number of piperazine rings is 1. The molecule has 4 nitrogen and oxygen atoms in total. The van der Waals surface area contributed by atoms with Crippen LogP contribution in [0, 0.1) is 0 Å². The van der Waals surface area contributed by atoms with Crippen molar-refractivity contribution >= 4 is 17.3 Å². The molecule has 0 bridgehead atoms. The molecule has 0 aromatic heterocycles. The lowest BCUT2D eigenvalue weighted by Crippen LogP contribution is -2.46. The van der Waals surface area contributed by atoms with Crippen molar-refractivity contribution in [1.29, 1.82) is 0 Å². The van der Waals surface area contributed by atoms with Crippen molar-refractivity contribution in [1.82, 2.24) is 9.80 Å². The van der Waals surface area contributed by atoms with Crippen LogP contribution in [0.25, 0.3) is 0 Å². The van der Waals surface area contributed by atoms with Crippen LogP contribution in [0.5, 0.6) is 5.75 Å². The molecule has 3 rings (SSSR count). The molecular formula is C20H26ClN3O. The number of phenols is 1. The van der Waals surface area contributed by atoms with Crippen molar-refractivity contribution in [2.75, 3.05) is 52.2 Å². The summed E-state index contributed by atoms with van der Waals surface area (Å²) in [5, 5.41) is 11.2. The van der Waals surface area contributed by atoms with Crippen molar-refractivity contribution in [2.24, 2.45) is 0 Å². The Kier molecular flexibility index (Phi) is 5.52. The third kappa shape index (κ3) is 3.92. The molecule has 1 heterocycles. The lowest BCUT2D eigenvalue weighted by atomic mass is 9.94. The van der Waals surface area contributed by atoms with Gasteiger partial charge >= 0.3 is 0 Å². The zero-order valence-electron chi connectivity index (χ0n) is 15.1. The largest absolute Gasteiger partial charge is 0.506 e. The number of para-hydroxylation sites is 1. The third-order valence-electron chi connectivity index (χ3n) is 4.88. The number of phenolic OH excluding ortho intramolecular Hbond substituents is 1. The zero-order chi connectivity index (χ0) is 18.0. The lowest BCUT2D eigenvalue weighted by molar-refractivity contribution is 0.127. The highest BCUT2D eigenvalue weighted by molar-refractivity contribution is 6.30. The summed E-state index contributed by atoms with van der Waals surface area (Å²) in [6, 6.07) is 14.0. The molecule has 2 aromatic carbocycles. The van der Waals surface area contributed by atoms with Crippen LogP contribution in [0.2, 0.25) is 5.02 Å². The van der Waals surface area contributed by atoms with Crippen molar-refractivity contribution in [3.8, 4) is 5.75 Å². The van der Waals surface area contributed by atoms with Crippen LogP contribution in [0.1, 0.15) is 17.2 Å². The number of anilines is 1. The lowest BCUT2D eigenvalue weighted by Gasteiger charge is -2.39. The van der Waals surface area contributed by atoms with E-state index in [1.807, 2.05) is 37.2 Å². The Bertz CT molecular complexity index is 709. The molecule has 0 aliphatic carbocycles. The van der Waals surface area contributed by atoms with Gasteiger partial charge in [0.25, 0.3) is 0 Å². The fourth-order valence-corrected chi connectivity index (χ4v) is 3.69. The minimum Gasteiger partial charge on any atom is -0.506 e. The molecule has 0 saturated carbocycles. The summed E-state index contributed by atoms with van der Waals surface area (Å²) in [6.45, 7) is 4.07. The molecule has 0 spiro atoms. The fraction of sp³-hybridized carbons (Fsp3) is 0.400. The first-order chi connectivity index (χ1) is 12.0. The van der Waals surface area contributed by atoms with E-state index in [2.05, 4.69) is 35.0 Å². The van der Waals surface area contributed by atoms with Gasteiger partial charge in [-0.3, -0.25) is 4.90 Å². The molecule has 25 heavy (non-hydrogen) atoms. The number of hydrogen-bond donors (Lipinski definition) is 1. The topological polar surface area (TPSA) is 30.0 Å². The van der Waals surface area contributed by atoms with E-state index in [1.165, 1.54) is 5.56 Å². The average molecular weight is 360 g/mol. The number of benzene rings is 2. The minimum atomic E-state index is 0.0930. The average Bonchev–Trinajstić information content (AvgIpc) is 2.58. The Hall–Kier alpha value is -1.75. The van der Waals surface area contributed by atoms with Crippen LogP contribution >= 0.6 is 11.6 Å². The monoisotopic (exact) mass is 359 g/mol. The van der Waals surface area contributed by atoms with E-state index in [0.29, 0.717) is 5.75 Å². The molecule has 1 unspecified atom stereocenters. The normalized spacial score (nSPS) is 17.4.